The van der Waals surface area contributed by atoms with Crippen LogP contribution in [0.4, 0.5) is 4.79 Å². The zero-order valence-electron chi connectivity index (χ0n) is 12.1. The summed E-state index contributed by atoms with van der Waals surface area (Å²) >= 11 is 0. The summed E-state index contributed by atoms with van der Waals surface area (Å²) in [4.78, 5) is 35.7. The molecule has 2 rings (SSSR count). The van der Waals surface area contributed by atoms with Crippen LogP contribution in [0.15, 0.2) is 0 Å². The molecular weight excluding hydrogens is 278 g/mol. The van der Waals surface area contributed by atoms with Crippen LogP contribution in [0.5, 0.6) is 0 Å². The fourth-order valence-corrected chi connectivity index (χ4v) is 2.45. The van der Waals surface area contributed by atoms with Gasteiger partial charge in [-0.25, -0.2) is 9.59 Å². The number of rotatable bonds is 6. The lowest BCUT2D eigenvalue weighted by Crippen LogP contribution is -2.61. The molecule has 3 amide bonds. The number of carboxylic acids is 1. The third kappa shape index (κ3) is 3.84. The first-order valence-electron chi connectivity index (χ1n) is 7.00. The molecule has 1 heterocycles. The third-order valence-electron chi connectivity index (χ3n) is 4.14. The molecule has 8 heteroatoms. The first-order chi connectivity index (χ1) is 9.97. The Morgan fingerprint density at radius 2 is 2.24 bits per heavy atom. The van der Waals surface area contributed by atoms with E-state index in [1.54, 1.807) is 7.11 Å². The van der Waals surface area contributed by atoms with Crippen LogP contribution in [-0.4, -0.2) is 67.3 Å². The van der Waals surface area contributed by atoms with Gasteiger partial charge in [0, 0.05) is 26.8 Å². The average molecular weight is 299 g/mol. The number of urea groups is 1. The molecule has 1 aliphatic heterocycles. The van der Waals surface area contributed by atoms with Gasteiger partial charge in [0.1, 0.15) is 12.6 Å². The van der Waals surface area contributed by atoms with Crippen molar-refractivity contribution in [1.29, 1.82) is 0 Å². The molecule has 0 spiro atoms. The predicted molar refractivity (Wildman–Crippen MR) is 72.7 cm³/mol. The molecule has 1 aliphatic carbocycles. The number of carbonyl (C=O) groups excluding carboxylic acids is 2. The second kappa shape index (κ2) is 6.30. The second-order valence-electron chi connectivity index (χ2n) is 5.69. The highest BCUT2D eigenvalue weighted by Gasteiger charge is 2.43. The largest absolute Gasteiger partial charge is 0.480 e. The van der Waals surface area contributed by atoms with Crippen molar-refractivity contribution in [3.05, 3.63) is 0 Å². The first-order valence-corrected chi connectivity index (χ1v) is 7.00. The Hall–Kier alpha value is -1.83. The average Bonchev–Trinajstić information content (AvgIpc) is 3.22. The number of nitrogens with one attached hydrogen (secondary N) is 2. The van der Waals surface area contributed by atoms with E-state index in [9.17, 15) is 14.4 Å². The summed E-state index contributed by atoms with van der Waals surface area (Å²) in [5.41, 5.74) is 0.0719. The number of piperazine rings is 1. The van der Waals surface area contributed by atoms with E-state index in [0.29, 0.717) is 13.2 Å². The van der Waals surface area contributed by atoms with E-state index >= 15 is 0 Å². The number of hydrogen-bond acceptors (Lipinski definition) is 4. The molecule has 1 saturated carbocycles. The fraction of sp³-hybridized carbons (Fsp3) is 0.769. The summed E-state index contributed by atoms with van der Waals surface area (Å²) < 4.78 is 5.05. The van der Waals surface area contributed by atoms with E-state index in [0.717, 1.165) is 24.2 Å². The van der Waals surface area contributed by atoms with Gasteiger partial charge in [0.15, 0.2) is 0 Å². The van der Waals surface area contributed by atoms with Crippen molar-refractivity contribution in [2.75, 3.05) is 33.4 Å². The molecule has 118 valence electrons. The SMILES string of the molecule is COCCC1(CNC(=O)N2CC(=O)NCC2C(=O)O)CC1. The van der Waals surface area contributed by atoms with E-state index in [1.165, 1.54) is 0 Å². The van der Waals surface area contributed by atoms with E-state index in [2.05, 4.69) is 10.6 Å². The lowest BCUT2D eigenvalue weighted by Gasteiger charge is -2.33. The normalized spacial score (nSPS) is 23.4. The number of methoxy groups -OCH3 is 1. The molecule has 3 N–H and O–H groups in total. The number of aliphatic carboxylic acids is 1. The van der Waals surface area contributed by atoms with Crippen molar-refractivity contribution in [3.8, 4) is 0 Å². The molecule has 0 aromatic heterocycles. The Balaban J connectivity index is 1.89. The van der Waals surface area contributed by atoms with Gasteiger partial charge in [-0.2, -0.15) is 0 Å². The van der Waals surface area contributed by atoms with Crippen LogP contribution in [0.1, 0.15) is 19.3 Å². The van der Waals surface area contributed by atoms with Gasteiger partial charge in [-0.1, -0.05) is 0 Å². The summed E-state index contributed by atoms with van der Waals surface area (Å²) in [5.74, 6) is -1.46. The monoisotopic (exact) mass is 299 g/mol. The second-order valence-corrected chi connectivity index (χ2v) is 5.69. The Bertz CT molecular complexity index is 436. The Morgan fingerprint density at radius 3 is 2.81 bits per heavy atom. The summed E-state index contributed by atoms with van der Waals surface area (Å²) in [6, 6.07) is -1.52. The highest BCUT2D eigenvalue weighted by molar-refractivity contribution is 5.90. The summed E-state index contributed by atoms with van der Waals surface area (Å²) in [6.07, 6.45) is 2.92. The highest BCUT2D eigenvalue weighted by atomic mass is 16.5. The van der Waals surface area contributed by atoms with Crippen LogP contribution in [0, 0.1) is 5.41 Å². The quantitative estimate of drug-likeness (QED) is 0.607. The zero-order chi connectivity index (χ0) is 15.5. The van der Waals surface area contributed by atoms with Gasteiger partial charge in [0.05, 0.1) is 0 Å². The van der Waals surface area contributed by atoms with Crippen molar-refractivity contribution in [3.63, 3.8) is 0 Å². The van der Waals surface area contributed by atoms with Gasteiger partial charge in [-0.3, -0.25) is 9.69 Å². The smallest absolute Gasteiger partial charge is 0.328 e. The molecule has 1 saturated heterocycles. The first kappa shape index (κ1) is 15.6. The fourth-order valence-electron chi connectivity index (χ4n) is 2.45. The predicted octanol–water partition coefficient (Wildman–Crippen LogP) is -0.602. The number of amides is 3. The highest BCUT2D eigenvalue weighted by Crippen LogP contribution is 2.48. The number of carbonyl (C=O) groups is 3. The van der Waals surface area contributed by atoms with Gasteiger partial charge in [-0.15, -0.1) is 0 Å². The molecule has 1 atom stereocenters. The molecule has 8 nitrogen and oxygen atoms in total. The minimum atomic E-state index is -1.12. The Labute approximate surface area is 122 Å². The summed E-state index contributed by atoms with van der Waals surface area (Å²) in [6.45, 7) is 0.837. The number of nitrogens with zero attached hydrogens (tertiary/aromatic N) is 1. The molecule has 1 unspecified atom stereocenters. The standard InChI is InChI=1S/C13H21N3O5/c1-21-5-4-13(2-3-13)8-15-12(20)16-7-10(17)14-6-9(16)11(18)19/h9H,2-8H2,1H3,(H,14,17)(H,15,20)(H,18,19). The van der Waals surface area contributed by atoms with Crippen molar-refractivity contribution in [2.24, 2.45) is 5.41 Å². The Morgan fingerprint density at radius 1 is 1.52 bits per heavy atom. The van der Waals surface area contributed by atoms with Crippen LogP contribution >= 0.6 is 0 Å². The van der Waals surface area contributed by atoms with Gasteiger partial charge in [0.2, 0.25) is 5.91 Å². The summed E-state index contributed by atoms with van der Waals surface area (Å²) in [5, 5.41) is 14.3. The molecule has 21 heavy (non-hydrogen) atoms. The van der Waals surface area contributed by atoms with E-state index in [4.69, 9.17) is 9.84 Å². The van der Waals surface area contributed by atoms with Crippen molar-refractivity contribution in [1.82, 2.24) is 15.5 Å². The Kier molecular flexibility index (Phi) is 4.66. The molecule has 2 fully saturated rings. The van der Waals surface area contributed by atoms with Crippen molar-refractivity contribution >= 4 is 17.9 Å². The number of carboxylic acid groups (broad SMARTS) is 1. The lowest BCUT2D eigenvalue weighted by atomic mass is 10.0. The third-order valence-corrected chi connectivity index (χ3v) is 4.14. The molecular formula is C13H21N3O5. The zero-order valence-corrected chi connectivity index (χ0v) is 12.1. The van der Waals surface area contributed by atoms with Crippen molar-refractivity contribution < 1.29 is 24.2 Å². The van der Waals surface area contributed by atoms with E-state index < -0.39 is 18.0 Å². The van der Waals surface area contributed by atoms with Crippen LogP contribution in [-0.2, 0) is 14.3 Å². The van der Waals surface area contributed by atoms with Crippen LogP contribution in [0.3, 0.4) is 0 Å². The maximum Gasteiger partial charge on any atom is 0.328 e. The van der Waals surface area contributed by atoms with Crippen molar-refractivity contribution in [2.45, 2.75) is 25.3 Å². The maximum absolute atomic E-state index is 12.1. The van der Waals surface area contributed by atoms with Crippen LogP contribution < -0.4 is 10.6 Å². The van der Waals surface area contributed by atoms with Gasteiger partial charge in [0.25, 0.3) is 0 Å². The maximum atomic E-state index is 12.1. The minimum absolute atomic E-state index is 0.0591. The minimum Gasteiger partial charge on any atom is -0.480 e. The number of hydrogen-bond donors (Lipinski definition) is 3. The lowest BCUT2D eigenvalue weighted by molar-refractivity contribution is -0.144. The topological polar surface area (TPSA) is 108 Å². The van der Waals surface area contributed by atoms with Crippen LogP contribution in [0.2, 0.25) is 0 Å². The van der Waals surface area contributed by atoms with Gasteiger partial charge >= 0.3 is 12.0 Å². The van der Waals surface area contributed by atoms with Crippen LogP contribution in [0.25, 0.3) is 0 Å². The number of ether oxygens (including phenoxy) is 1. The van der Waals surface area contributed by atoms with E-state index in [-0.39, 0.29) is 24.4 Å². The van der Waals surface area contributed by atoms with Gasteiger partial charge in [-0.05, 0) is 24.7 Å². The summed E-state index contributed by atoms with van der Waals surface area (Å²) in [7, 11) is 1.64. The molecule has 0 aromatic carbocycles. The molecule has 0 bridgehead atoms. The van der Waals surface area contributed by atoms with E-state index in [1.807, 2.05) is 0 Å². The molecule has 0 aromatic rings. The molecule has 2 aliphatic rings. The molecule has 0 radical (unpaired) electrons. The van der Waals surface area contributed by atoms with Gasteiger partial charge < -0.3 is 20.5 Å².